The van der Waals surface area contributed by atoms with Crippen LogP contribution in [0.3, 0.4) is 0 Å². The summed E-state index contributed by atoms with van der Waals surface area (Å²) in [6.07, 6.45) is 1.00. The average molecular weight is 506 g/mol. The minimum Gasteiger partial charge on any atom is -0.388 e. The number of thiophene rings is 1. The van der Waals surface area contributed by atoms with Crippen LogP contribution >= 0.6 is 11.3 Å². The van der Waals surface area contributed by atoms with Crippen molar-refractivity contribution in [2.24, 2.45) is 0 Å². The third kappa shape index (κ3) is 4.47. The van der Waals surface area contributed by atoms with Gasteiger partial charge in [0.25, 0.3) is 15.6 Å². The van der Waals surface area contributed by atoms with E-state index in [4.69, 9.17) is 0 Å². The van der Waals surface area contributed by atoms with Gasteiger partial charge in [0.15, 0.2) is 11.6 Å². The molecule has 34 heavy (non-hydrogen) atoms. The van der Waals surface area contributed by atoms with Crippen LogP contribution in [-0.4, -0.2) is 31.0 Å². The summed E-state index contributed by atoms with van der Waals surface area (Å²) < 4.78 is 56.6. The summed E-state index contributed by atoms with van der Waals surface area (Å²) in [6, 6.07) is 7.95. The average Bonchev–Trinajstić information content (AvgIpc) is 3.21. The maximum absolute atomic E-state index is 14.8. The zero-order valence-electron chi connectivity index (χ0n) is 17.7. The second-order valence-corrected chi connectivity index (χ2v) is 10.3. The number of aromatic nitrogens is 2. The molecule has 0 saturated carbocycles. The number of halogens is 2. The minimum absolute atomic E-state index is 0.0853. The molecule has 9 nitrogen and oxygen atoms in total. The highest BCUT2D eigenvalue weighted by molar-refractivity contribution is 7.92. The van der Waals surface area contributed by atoms with Crippen LogP contribution in [0.15, 0.2) is 57.8 Å². The van der Waals surface area contributed by atoms with Crippen LogP contribution in [0.4, 0.5) is 25.0 Å². The molecular formula is C21H17F2N5O4S2. The third-order valence-electron chi connectivity index (χ3n) is 4.77. The van der Waals surface area contributed by atoms with E-state index < -0.39 is 38.9 Å². The predicted octanol–water partition coefficient (Wildman–Crippen LogP) is 3.59. The van der Waals surface area contributed by atoms with E-state index in [2.05, 4.69) is 15.6 Å². The summed E-state index contributed by atoms with van der Waals surface area (Å²) in [5.74, 6) is -2.33. The van der Waals surface area contributed by atoms with Crippen LogP contribution in [0, 0.1) is 18.6 Å². The highest BCUT2D eigenvalue weighted by Gasteiger charge is 2.21. The number of carbonyl (C=O) groups excluding carboxylic acids is 1. The number of fused-ring (bicyclic) bond motifs is 1. The van der Waals surface area contributed by atoms with Crippen molar-refractivity contribution in [2.75, 3.05) is 17.7 Å². The van der Waals surface area contributed by atoms with E-state index >= 15 is 0 Å². The number of anilines is 2. The SMILES string of the molecule is CNc1ccc2c(=O)n(-c3c(F)cc(NC(=O)NS(=O)(=O)c4ccc(C)s4)cc3F)cnc2c1. The Morgan fingerprint density at radius 2 is 1.76 bits per heavy atom. The first-order valence-corrected chi connectivity index (χ1v) is 12.0. The normalized spacial score (nSPS) is 11.4. The molecule has 0 unspecified atom stereocenters. The van der Waals surface area contributed by atoms with Crippen LogP contribution in [0.2, 0.25) is 0 Å². The molecule has 0 bridgehead atoms. The van der Waals surface area contributed by atoms with Crippen LogP contribution < -0.4 is 20.9 Å². The number of amides is 2. The summed E-state index contributed by atoms with van der Waals surface area (Å²) in [7, 11) is -2.45. The summed E-state index contributed by atoms with van der Waals surface area (Å²) in [4.78, 5) is 29.8. The van der Waals surface area contributed by atoms with Gasteiger partial charge in [0.2, 0.25) is 0 Å². The molecule has 0 aliphatic heterocycles. The Balaban J connectivity index is 1.62. The zero-order chi connectivity index (χ0) is 24.6. The van der Waals surface area contributed by atoms with Gasteiger partial charge in [-0.2, -0.15) is 0 Å². The first kappa shape index (κ1) is 23.3. The highest BCUT2D eigenvalue weighted by Crippen LogP contribution is 2.24. The highest BCUT2D eigenvalue weighted by atomic mass is 32.2. The topological polar surface area (TPSA) is 122 Å². The molecule has 4 rings (SSSR count). The maximum atomic E-state index is 14.8. The molecule has 0 aliphatic rings. The van der Waals surface area contributed by atoms with Gasteiger partial charge in [-0.25, -0.2) is 31.7 Å². The molecule has 2 amide bonds. The maximum Gasteiger partial charge on any atom is 0.333 e. The van der Waals surface area contributed by atoms with Crippen molar-refractivity contribution >= 4 is 49.7 Å². The molecule has 0 spiro atoms. The Morgan fingerprint density at radius 3 is 2.38 bits per heavy atom. The van der Waals surface area contributed by atoms with Crippen molar-refractivity contribution in [2.45, 2.75) is 11.1 Å². The Kier molecular flexibility index (Phi) is 6.06. The first-order valence-electron chi connectivity index (χ1n) is 9.68. The van der Waals surface area contributed by atoms with Crippen molar-refractivity contribution in [1.82, 2.24) is 14.3 Å². The predicted molar refractivity (Wildman–Crippen MR) is 125 cm³/mol. The van der Waals surface area contributed by atoms with E-state index in [1.807, 2.05) is 0 Å². The number of benzene rings is 2. The van der Waals surface area contributed by atoms with Crippen LogP contribution in [-0.2, 0) is 10.0 Å². The summed E-state index contributed by atoms with van der Waals surface area (Å²) in [5.41, 5.74) is -0.689. The largest absolute Gasteiger partial charge is 0.388 e. The second-order valence-electron chi connectivity index (χ2n) is 7.11. The number of rotatable bonds is 5. The molecule has 0 atom stereocenters. The van der Waals surface area contributed by atoms with Crippen molar-refractivity contribution < 1.29 is 22.0 Å². The number of hydrogen-bond acceptors (Lipinski definition) is 7. The monoisotopic (exact) mass is 505 g/mol. The third-order valence-corrected chi connectivity index (χ3v) is 7.59. The lowest BCUT2D eigenvalue weighted by Gasteiger charge is -2.12. The molecule has 2 aromatic heterocycles. The standard InChI is InChI=1S/C21H17F2N5O4S2/c1-11-3-6-18(33-11)34(31,32)27-21(30)26-13-7-15(22)19(16(23)8-13)28-10-25-17-9-12(24-2)4-5-14(17)20(28)29/h3-10,24H,1-2H3,(H2,26,27,30). The van der Waals surface area contributed by atoms with Gasteiger partial charge in [-0.1, -0.05) is 0 Å². The van der Waals surface area contributed by atoms with Gasteiger partial charge >= 0.3 is 6.03 Å². The minimum atomic E-state index is -4.15. The van der Waals surface area contributed by atoms with Crippen LogP contribution in [0.25, 0.3) is 16.6 Å². The van der Waals surface area contributed by atoms with E-state index in [0.29, 0.717) is 11.2 Å². The Morgan fingerprint density at radius 1 is 1.06 bits per heavy atom. The Hall–Kier alpha value is -3.84. The molecule has 3 N–H and O–H groups in total. The Labute approximate surface area is 196 Å². The number of carbonyl (C=O) groups is 1. The van der Waals surface area contributed by atoms with E-state index in [-0.39, 0.29) is 15.3 Å². The van der Waals surface area contributed by atoms with E-state index in [0.717, 1.165) is 39.2 Å². The molecular weight excluding hydrogens is 488 g/mol. The number of sulfonamides is 1. The molecule has 0 radical (unpaired) electrons. The fourth-order valence-electron chi connectivity index (χ4n) is 3.19. The quantitative estimate of drug-likeness (QED) is 0.381. The van der Waals surface area contributed by atoms with Crippen molar-refractivity contribution in [3.63, 3.8) is 0 Å². The lowest BCUT2D eigenvalue weighted by molar-refractivity contribution is 0.256. The van der Waals surface area contributed by atoms with Gasteiger partial charge in [0, 0.05) is 23.3 Å². The number of urea groups is 1. The van der Waals surface area contributed by atoms with Gasteiger partial charge in [-0.15, -0.1) is 11.3 Å². The lowest BCUT2D eigenvalue weighted by Crippen LogP contribution is -2.34. The van der Waals surface area contributed by atoms with E-state index in [1.165, 1.54) is 12.1 Å². The van der Waals surface area contributed by atoms with Gasteiger partial charge in [-0.3, -0.25) is 9.36 Å². The number of nitrogens with zero attached hydrogens (tertiary/aromatic N) is 2. The molecule has 2 heterocycles. The molecule has 0 fully saturated rings. The molecule has 13 heteroatoms. The summed E-state index contributed by atoms with van der Waals surface area (Å²) in [5, 5.41) is 5.13. The molecule has 4 aromatic rings. The smallest absolute Gasteiger partial charge is 0.333 e. The first-order chi connectivity index (χ1) is 16.1. The fourth-order valence-corrected chi connectivity index (χ4v) is 5.38. The zero-order valence-corrected chi connectivity index (χ0v) is 19.4. The van der Waals surface area contributed by atoms with Gasteiger partial charge < -0.3 is 10.6 Å². The van der Waals surface area contributed by atoms with Crippen LogP contribution in [0.5, 0.6) is 0 Å². The molecule has 176 valence electrons. The summed E-state index contributed by atoms with van der Waals surface area (Å²) in [6.45, 7) is 1.70. The molecule has 0 saturated heterocycles. The van der Waals surface area contributed by atoms with Gasteiger partial charge in [0.1, 0.15) is 16.2 Å². The van der Waals surface area contributed by atoms with Gasteiger partial charge in [-0.05, 0) is 49.4 Å². The number of aryl methyl sites for hydroxylation is 1. The Bertz CT molecular complexity index is 1580. The number of nitrogens with one attached hydrogen (secondary N) is 3. The van der Waals surface area contributed by atoms with Crippen molar-refractivity contribution in [3.8, 4) is 5.69 Å². The molecule has 2 aromatic carbocycles. The van der Waals surface area contributed by atoms with Crippen LogP contribution in [0.1, 0.15) is 4.88 Å². The van der Waals surface area contributed by atoms with Crippen molar-refractivity contribution in [3.05, 3.63) is 75.7 Å². The van der Waals surface area contributed by atoms with Gasteiger partial charge in [0.05, 0.1) is 10.9 Å². The van der Waals surface area contributed by atoms with E-state index in [1.54, 1.807) is 36.9 Å². The second kappa shape index (κ2) is 8.83. The van der Waals surface area contributed by atoms with Crippen molar-refractivity contribution in [1.29, 1.82) is 0 Å². The fraction of sp³-hybridized carbons (Fsp3) is 0.0952. The number of hydrogen-bond donors (Lipinski definition) is 3. The lowest BCUT2D eigenvalue weighted by atomic mass is 10.2. The summed E-state index contributed by atoms with van der Waals surface area (Å²) >= 11 is 0.959. The van der Waals surface area contributed by atoms with E-state index in [9.17, 15) is 26.8 Å². The molecule has 0 aliphatic carbocycles.